The Balaban J connectivity index is 1.30. The predicted octanol–water partition coefficient (Wildman–Crippen LogP) is 5.40. The molecule has 5 rings (SSSR count). The average Bonchev–Trinajstić information content (AvgIpc) is 2.96. The van der Waals surface area contributed by atoms with E-state index in [1.54, 1.807) is 32.9 Å². The lowest BCUT2D eigenvalue weighted by molar-refractivity contribution is -0.158. The average molecular weight is 606 g/mol. The number of esters is 1. The van der Waals surface area contributed by atoms with Gasteiger partial charge in [0.25, 0.3) is 0 Å². The summed E-state index contributed by atoms with van der Waals surface area (Å²) in [5.41, 5.74) is 2.77. The molecule has 1 aliphatic carbocycles. The van der Waals surface area contributed by atoms with Crippen molar-refractivity contribution in [2.45, 2.75) is 94.8 Å². The molecule has 3 aromatic rings. The Morgan fingerprint density at radius 3 is 2.44 bits per heavy atom. The molecule has 1 fully saturated rings. The minimum atomic E-state index is -4.13. The summed E-state index contributed by atoms with van der Waals surface area (Å²) in [6.45, 7) is 8.34. The molecule has 0 spiro atoms. The zero-order chi connectivity index (χ0) is 30.6. The zero-order valence-electron chi connectivity index (χ0n) is 25.4. The lowest BCUT2D eigenvalue weighted by atomic mass is 9.86. The maximum absolute atomic E-state index is 13.4. The van der Waals surface area contributed by atoms with Crippen molar-refractivity contribution in [3.8, 4) is 0 Å². The van der Waals surface area contributed by atoms with Crippen LogP contribution in [0.25, 0.3) is 10.8 Å². The van der Waals surface area contributed by atoms with Gasteiger partial charge < -0.3 is 10.1 Å². The van der Waals surface area contributed by atoms with E-state index in [0.29, 0.717) is 0 Å². The summed E-state index contributed by atoms with van der Waals surface area (Å²) in [6.07, 6.45) is 6.12. The van der Waals surface area contributed by atoms with Gasteiger partial charge in [0.2, 0.25) is 15.9 Å². The minimum absolute atomic E-state index is 0.0155. The highest BCUT2D eigenvalue weighted by molar-refractivity contribution is 7.89. The van der Waals surface area contributed by atoms with Crippen molar-refractivity contribution < 1.29 is 22.7 Å². The minimum Gasteiger partial charge on any atom is -0.459 e. The van der Waals surface area contributed by atoms with Gasteiger partial charge in [0.15, 0.2) is 0 Å². The molecular weight excluding hydrogens is 562 g/mol. The number of hydrogen-bond donors (Lipinski definition) is 2. The number of sulfonamides is 1. The molecule has 1 amide bonds. The van der Waals surface area contributed by atoms with Crippen LogP contribution in [0.4, 0.5) is 0 Å². The summed E-state index contributed by atoms with van der Waals surface area (Å²) in [7, 11) is -4.13. The summed E-state index contributed by atoms with van der Waals surface area (Å²) < 4.78 is 34.8. The third-order valence-electron chi connectivity index (χ3n) is 8.12. The van der Waals surface area contributed by atoms with Gasteiger partial charge in [-0.15, -0.1) is 0 Å². The van der Waals surface area contributed by atoms with Crippen LogP contribution in [-0.4, -0.2) is 49.9 Å². The second-order valence-corrected chi connectivity index (χ2v) is 14.5. The summed E-state index contributed by atoms with van der Waals surface area (Å²) in [5, 5.41) is 4.74. The number of nitrogens with zero attached hydrogens (tertiary/aromatic N) is 1. The molecule has 1 aliphatic heterocycles. The number of carbonyl (C=O) groups is 2. The number of carbonyl (C=O) groups excluding carboxylic acids is 2. The first-order chi connectivity index (χ1) is 20.5. The Hall–Kier alpha value is -3.27. The van der Waals surface area contributed by atoms with Gasteiger partial charge in [-0.2, -0.15) is 4.72 Å². The van der Waals surface area contributed by atoms with Crippen molar-refractivity contribution >= 4 is 32.7 Å². The lowest BCUT2D eigenvalue weighted by Gasteiger charge is -2.30. The molecule has 0 bridgehead atoms. The molecule has 43 heavy (non-hydrogen) atoms. The van der Waals surface area contributed by atoms with E-state index in [0.717, 1.165) is 55.2 Å². The molecule has 2 N–H and O–H groups in total. The normalized spacial score (nSPS) is 18.5. The molecule has 0 saturated carbocycles. The Morgan fingerprint density at radius 2 is 1.70 bits per heavy atom. The first kappa shape index (κ1) is 31.2. The van der Waals surface area contributed by atoms with Gasteiger partial charge in [-0.05, 0) is 106 Å². The van der Waals surface area contributed by atoms with Crippen molar-refractivity contribution in [1.29, 1.82) is 0 Å². The van der Waals surface area contributed by atoms with E-state index in [-0.39, 0.29) is 17.4 Å². The third-order valence-corrected chi connectivity index (χ3v) is 9.59. The highest BCUT2D eigenvalue weighted by Crippen LogP contribution is 2.31. The lowest BCUT2D eigenvalue weighted by Crippen LogP contribution is -2.47. The SMILES string of the molecule is CC(C)(C)OC(=O)[C@@H](CC(=O)N[C@@H]1CCCc2cc(CN3CCCCC3)ccc21)NS(=O)(=O)c1ccc2ccccc2c1. The molecule has 0 unspecified atom stereocenters. The zero-order valence-corrected chi connectivity index (χ0v) is 26.2. The second kappa shape index (κ2) is 13.2. The summed E-state index contributed by atoms with van der Waals surface area (Å²) in [6, 6.07) is 17.2. The monoisotopic (exact) mass is 605 g/mol. The number of benzene rings is 3. The number of ether oxygens (including phenoxy) is 1. The van der Waals surface area contributed by atoms with E-state index in [4.69, 9.17) is 4.74 Å². The van der Waals surface area contributed by atoms with Gasteiger partial charge in [0.05, 0.1) is 17.4 Å². The number of hydrogen-bond acceptors (Lipinski definition) is 6. The van der Waals surface area contributed by atoms with Gasteiger partial charge >= 0.3 is 5.97 Å². The maximum atomic E-state index is 13.4. The van der Waals surface area contributed by atoms with Crippen LogP contribution < -0.4 is 10.0 Å². The van der Waals surface area contributed by atoms with Crippen LogP contribution in [0.2, 0.25) is 0 Å². The number of fused-ring (bicyclic) bond motifs is 2. The quantitative estimate of drug-likeness (QED) is 0.317. The Bertz CT molecular complexity index is 1570. The number of amides is 1. The van der Waals surface area contributed by atoms with Crippen LogP contribution in [-0.2, 0) is 37.3 Å². The van der Waals surface area contributed by atoms with Gasteiger partial charge in [-0.1, -0.05) is 55.0 Å². The number of rotatable bonds is 9. The molecular formula is C34H43N3O5S. The van der Waals surface area contributed by atoms with E-state index in [2.05, 4.69) is 33.1 Å². The topological polar surface area (TPSA) is 105 Å². The fourth-order valence-corrected chi connectivity index (χ4v) is 7.29. The van der Waals surface area contributed by atoms with E-state index in [1.807, 2.05) is 24.3 Å². The maximum Gasteiger partial charge on any atom is 0.325 e. The van der Waals surface area contributed by atoms with E-state index < -0.39 is 33.5 Å². The van der Waals surface area contributed by atoms with Crippen molar-refractivity contribution in [2.75, 3.05) is 13.1 Å². The number of aryl methyl sites for hydroxylation is 1. The molecule has 3 aromatic carbocycles. The second-order valence-electron chi connectivity index (χ2n) is 12.8. The van der Waals surface area contributed by atoms with Gasteiger partial charge in [-0.3, -0.25) is 14.5 Å². The molecule has 0 radical (unpaired) electrons. The number of likely N-dealkylation sites (tertiary alicyclic amines) is 1. The van der Waals surface area contributed by atoms with Crippen LogP contribution in [0, 0.1) is 0 Å². The van der Waals surface area contributed by atoms with Gasteiger partial charge in [-0.25, -0.2) is 8.42 Å². The molecule has 1 heterocycles. The van der Waals surface area contributed by atoms with Crippen molar-refractivity contribution in [2.24, 2.45) is 0 Å². The van der Waals surface area contributed by atoms with Crippen LogP contribution in [0.5, 0.6) is 0 Å². The highest BCUT2D eigenvalue weighted by Gasteiger charge is 2.33. The summed E-state index contributed by atoms with van der Waals surface area (Å²) in [5.74, 6) is -1.20. The van der Waals surface area contributed by atoms with Gasteiger partial charge in [0, 0.05) is 6.54 Å². The summed E-state index contributed by atoms with van der Waals surface area (Å²) >= 11 is 0. The fourth-order valence-electron chi connectivity index (χ4n) is 6.07. The van der Waals surface area contributed by atoms with Crippen molar-refractivity contribution in [1.82, 2.24) is 14.9 Å². The first-order valence-electron chi connectivity index (χ1n) is 15.3. The predicted molar refractivity (Wildman–Crippen MR) is 168 cm³/mol. The van der Waals surface area contributed by atoms with E-state index in [1.165, 1.54) is 36.5 Å². The fraction of sp³-hybridized carbons (Fsp3) is 0.471. The first-order valence-corrected chi connectivity index (χ1v) is 16.8. The van der Waals surface area contributed by atoms with Crippen LogP contribution in [0.1, 0.15) is 82.0 Å². The number of nitrogens with one attached hydrogen (secondary N) is 2. The third kappa shape index (κ3) is 8.22. The van der Waals surface area contributed by atoms with E-state index in [9.17, 15) is 18.0 Å². The standard InChI is InChI=1S/C34H43N3O5S/c1-34(2,3)42-33(39)31(36-43(40,41)28-16-15-25-10-5-6-11-26(25)21-28)22-32(38)35-30-13-9-12-27-20-24(14-17-29(27)30)23-37-18-7-4-8-19-37/h5-6,10-11,14-17,20-21,30-31,36H,4,7-9,12-13,18-19,22-23H2,1-3H3,(H,35,38)/t30-,31-/m1/s1. The van der Waals surface area contributed by atoms with Crippen LogP contribution >= 0.6 is 0 Å². The van der Waals surface area contributed by atoms with Crippen LogP contribution in [0.15, 0.2) is 65.6 Å². The van der Waals surface area contributed by atoms with Gasteiger partial charge in [0.1, 0.15) is 11.6 Å². The molecule has 2 atom stereocenters. The van der Waals surface area contributed by atoms with Crippen molar-refractivity contribution in [3.63, 3.8) is 0 Å². The molecule has 9 heteroatoms. The number of piperidine rings is 1. The Kier molecular flexibility index (Phi) is 9.54. The molecule has 230 valence electrons. The van der Waals surface area contributed by atoms with E-state index >= 15 is 0 Å². The van der Waals surface area contributed by atoms with Crippen LogP contribution in [0.3, 0.4) is 0 Å². The molecule has 0 aromatic heterocycles. The summed E-state index contributed by atoms with van der Waals surface area (Å²) in [4.78, 5) is 29.1. The molecule has 1 saturated heterocycles. The largest absolute Gasteiger partial charge is 0.459 e. The van der Waals surface area contributed by atoms with Crippen molar-refractivity contribution in [3.05, 3.63) is 77.4 Å². The molecule has 2 aliphatic rings. The molecule has 8 nitrogen and oxygen atoms in total. The smallest absolute Gasteiger partial charge is 0.325 e. The Morgan fingerprint density at radius 1 is 0.953 bits per heavy atom. The Labute approximate surface area is 255 Å². The highest BCUT2D eigenvalue weighted by atomic mass is 32.2.